The summed E-state index contributed by atoms with van der Waals surface area (Å²) in [7, 11) is 0. The van der Waals surface area contributed by atoms with Crippen LogP contribution in [-0.4, -0.2) is 14.8 Å². The van der Waals surface area contributed by atoms with Crippen LogP contribution in [0.25, 0.3) is 0 Å². The molecule has 24 heavy (non-hydrogen) atoms. The van der Waals surface area contributed by atoms with E-state index in [0.717, 1.165) is 22.6 Å². The third-order valence-corrected chi connectivity index (χ3v) is 4.59. The van der Waals surface area contributed by atoms with E-state index in [4.69, 9.17) is 11.6 Å². The van der Waals surface area contributed by atoms with Crippen molar-refractivity contribution >= 4 is 11.6 Å². The molecular weight excluding hydrogens is 320 g/mol. The van der Waals surface area contributed by atoms with Gasteiger partial charge >= 0.3 is 0 Å². The summed E-state index contributed by atoms with van der Waals surface area (Å²) >= 11 is 6.27. The van der Waals surface area contributed by atoms with Gasteiger partial charge in [0.15, 0.2) is 0 Å². The Morgan fingerprint density at radius 3 is 2.50 bits per heavy atom. The van der Waals surface area contributed by atoms with E-state index in [1.54, 1.807) is 11.0 Å². The van der Waals surface area contributed by atoms with Gasteiger partial charge in [0.25, 0.3) is 0 Å². The molecule has 1 aromatic heterocycles. The first-order chi connectivity index (χ1) is 11.7. The van der Waals surface area contributed by atoms with Gasteiger partial charge in [-0.05, 0) is 30.0 Å². The van der Waals surface area contributed by atoms with Crippen molar-refractivity contribution in [3.05, 3.63) is 83.4 Å². The number of halogens is 1. The SMILES string of the molecule is N#CC(CCc1ccccc1Cl)(Cn1cncn1)c1ccccc1. The van der Waals surface area contributed by atoms with Crippen LogP contribution in [0.1, 0.15) is 17.5 Å². The van der Waals surface area contributed by atoms with Gasteiger partial charge in [0, 0.05) is 5.02 Å². The molecule has 2 aromatic carbocycles. The summed E-state index contributed by atoms with van der Waals surface area (Å²) in [5, 5.41) is 14.9. The number of nitrogens with zero attached hydrogens (tertiary/aromatic N) is 4. The lowest BCUT2D eigenvalue weighted by Gasteiger charge is -2.27. The quantitative estimate of drug-likeness (QED) is 0.683. The molecule has 0 saturated carbocycles. The van der Waals surface area contributed by atoms with E-state index in [1.807, 2.05) is 54.6 Å². The molecule has 0 aliphatic heterocycles. The molecule has 0 radical (unpaired) electrons. The molecule has 0 fully saturated rings. The zero-order valence-corrected chi connectivity index (χ0v) is 13.9. The Hall–Kier alpha value is -2.64. The summed E-state index contributed by atoms with van der Waals surface area (Å²) in [6, 6.07) is 20.1. The minimum atomic E-state index is -0.686. The van der Waals surface area contributed by atoms with Crippen LogP contribution < -0.4 is 0 Å². The molecule has 0 aliphatic carbocycles. The zero-order valence-electron chi connectivity index (χ0n) is 13.1. The van der Waals surface area contributed by atoms with Crippen LogP contribution in [-0.2, 0) is 18.4 Å². The van der Waals surface area contributed by atoms with E-state index in [9.17, 15) is 5.26 Å². The molecule has 3 aromatic rings. The molecule has 1 atom stereocenters. The summed E-state index contributed by atoms with van der Waals surface area (Å²) in [5.74, 6) is 0. The van der Waals surface area contributed by atoms with Gasteiger partial charge in [0.05, 0.1) is 12.6 Å². The molecule has 0 bridgehead atoms. The molecule has 1 unspecified atom stereocenters. The average molecular weight is 337 g/mol. The van der Waals surface area contributed by atoms with Crippen molar-refractivity contribution in [3.8, 4) is 6.07 Å². The maximum absolute atomic E-state index is 10.0. The van der Waals surface area contributed by atoms with Crippen LogP contribution in [0.5, 0.6) is 0 Å². The van der Waals surface area contributed by atoms with Crippen LogP contribution in [0.3, 0.4) is 0 Å². The minimum absolute atomic E-state index is 0.456. The Kier molecular flexibility index (Phi) is 4.93. The highest BCUT2D eigenvalue weighted by atomic mass is 35.5. The molecule has 4 nitrogen and oxygen atoms in total. The highest BCUT2D eigenvalue weighted by Gasteiger charge is 2.33. The van der Waals surface area contributed by atoms with Crippen LogP contribution in [0.4, 0.5) is 0 Å². The monoisotopic (exact) mass is 336 g/mol. The van der Waals surface area contributed by atoms with Gasteiger partial charge in [-0.15, -0.1) is 0 Å². The molecule has 0 spiro atoms. The molecule has 0 N–H and O–H groups in total. The summed E-state index contributed by atoms with van der Waals surface area (Å²) in [6.07, 6.45) is 4.50. The van der Waals surface area contributed by atoms with E-state index in [-0.39, 0.29) is 0 Å². The number of aromatic nitrogens is 3. The highest BCUT2D eigenvalue weighted by Crippen LogP contribution is 2.32. The van der Waals surface area contributed by atoms with Crippen molar-refractivity contribution in [1.82, 2.24) is 14.8 Å². The first-order valence-corrected chi connectivity index (χ1v) is 8.14. The molecule has 3 rings (SSSR count). The van der Waals surface area contributed by atoms with Gasteiger partial charge < -0.3 is 0 Å². The number of benzene rings is 2. The lowest BCUT2D eigenvalue weighted by Crippen LogP contribution is -2.31. The third-order valence-electron chi connectivity index (χ3n) is 4.22. The summed E-state index contributed by atoms with van der Waals surface area (Å²) < 4.78 is 1.71. The average Bonchev–Trinajstić information content (AvgIpc) is 3.13. The Bertz CT molecular complexity index is 824. The van der Waals surface area contributed by atoms with E-state index >= 15 is 0 Å². The van der Waals surface area contributed by atoms with Crippen LogP contribution in [0.15, 0.2) is 67.3 Å². The summed E-state index contributed by atoms with van der Waals surface area (Å²) in [4.78, 5) is 3.99. The van der Waals surface area contributed by atoms with Crippen molar-refractivity contribution < 1.29 is 0 Å². The van der Waals surface area contributed by atoms with Crippen LogP contribution in [0.2, 0.25) is 5.02 Å². The van der Waals surface area contributed by atoms with Crippen molar-refractivity contribution in [2.24, 2.45) is 0 Å². The van der Waals surface area contributed by atoms with E-state index < -0.39 is 5.41 Å². The van der Waals surface area contributed by atoms with E-state index in [2.05, 4.69) is 16.2 Å². The fourth-order valence-electron chi connectivity index (χ4n) is 2.87. The minimum Gasteiger partial charge on any atom is -0.251 e. The summed E-state index contributed by atoms with van der Waals surface area (Å²) in [6.45, 7) is 0.456. The van der Waals surface area contributed by atoms with Crippen molar-refractivity contribution in [2.45, 2.75) is 24.8 Å². The predicted octanol–water partition coefficient (Wildman–Crippen LogP) is 4.03. The molecule has 0 amide bonds. The lowest BCUT2D eigenvalue weighted by molar-refractivity contribution is 0.402. The van der Waals surface area contributed by atoms with Gasteiger partial charge in [0.2, 0.25) is 0 Å². The van der Waals surface area contributed by atoms with Crippen molar-refractivity contribution in [2.75, 3.05) is 0 Å². The van der Waals surface area contributed by atoms with Crippen molar-refractivity contribution in [3.63, 3.8) is 0 Å². The van der Waals surface area contributed by atoms with Gasteiger partial charge in [-0.25, -0.2) is 4.98 Å². The smallest absolute Gasteiger partial charge is 0.137 e. The number of rotatable bonds is 6. The molecule has 0 aliphatic rings. The number of aryl methyl sites for hydroxylation is 1. The molecular formula is C19H17ClN4. The van der Waals surface area contributed by atoms with Gasteiger partial charge in [-0.2, -0.15) is 10.4 Å². The third kappa shape index (κ3) is 3.47. The maximum atomic E-state index is 10.0. The topological polar surface area (TPSA) is 54.5 Å². The first kappa shape index (κ1) is 16.2. The molecule has 5 heteroatoms. The molecule has 0 saturated heterocycles. The largest absolute Gasteiger partial charge is 0.251 e. The van der Waals surface area contributed by atoms with Gasteiger partial charge in [-0.1, -0.05) is 60.1 Å². The summed E-state index contributed by atoms with van der Waals surface area (Å²) in [5.41, 5.74) is 1.34. The fraction of sp³-hybridized carbons (Fsp3) is 0.211. The number of hydrogen-bond acceptors (Lipinski definition) is 3. The molecule has 1 heterocycles. The second-order valence-electron chi connectivity index (χ2n) is 5.74. The normalized spacial score (nSPS) is 13.2. The van der Waals surface area contributed by atoms with E-state index in [1.165, 1.54) is 6.33 Å². The van der Waals surface area contributed by atoms with Crippen molar-refractivity contribution in [1.29, 1.82) is 5.26 Å². The van der Waals surface area contributed by atoms with Crippen LogP contribution >= 0.6 is 11.6 Å². The van der Waals surface area contributed by atoms with Gasteiger partial charge in [0.1, 0.15) is 18.1 Å². The Balaban J connectivity index is 1.92. The second-order valence-corrected chi connectivity index (χ2v) is 6.15. The lowest BCUT2D eigenvalue weighted by atomic mass is 9.77. The predicted molar refractivity (Wildman–Crippen MR) is 93.5 cm³/mol. The first-order valence-electron chi connectivity index (χ1n) is 7.76. The standard InChI is InChI=1S/C19H17ClN4/c20-18-9-5-4-6-16(18)10-11-19(12-21,13-24-15-22-14-23-24)17-7-2-1-3-8-17/h1-9,14-15H,10-11,13H2. The second kappa shape index (κ2) is 7.29. The number of hydrogen-bond donors (Lipinski definition) is 0. The van der Waals surface area contributed by atoms with Gasteiger partial charge in [-0.3, -0.25) is 4.68 Å². The fourth-order valence-corrected chi connectivity index (χ4v) is 3.10. The zero-order chi connectivity index (χ0) is 16.8. The Morgan fingerprint density at radius 2 is 1.83 bits per heavy atom. The molecule has 120 valence electrons. The maximum Gasteiger partial charge on any atom is 0.137 e. The Morgan fingerprint density at radius 1 is 1.08 bits per heavy atom. The highest BCUT2D eigenvalue weighted by molar-refractivity contribution is 6.31. The number of nitriles is 1. The Labute approximate surface area is 146 Å². The van der Waals surface area contributed by atoms with E-state index in [0.29, 0.717) is 13.0 Å². The van der Waals surface area contributed by atoms with Crippen LogP contribution in [0, 0.1) is 11.3 Å².